The summed E-state index contributed by atoms with van der Waals surface area (Å²) in [5.41, 5.74) is 7.33. The lowest BCUT2D eigenvalue weighted by Crippen LogP contribution is -2.51. The Labute approximate surface area is 155 Å². The number of rotatable bonds is 3. The number of carbonyl (C=O) groups excluding carboxylic acids is 1. The van der Waals surface area contributed by atoms with Gasteiger partial charge in [-0.1, -0.05) is 27.2 Å². The summed E-state index contributed by atoms with van der Waals surface area (Å²) < 4.78 is 0. The van der Waals surface area contributed by atoms with Gasteiger partial charge in [-0.25, -0.2) is 4.98 Å². The van der Waals surface area contributed by atoms with Crippen LogP contribution in [0.3, 0.4) is 0 Å². The molecule has 1 aromatic rings. The maximum Gasteiger partial charge on any atom is 0.225 e. The lowest BCUT2D eigenvalue weighted by molar-refractivity contribution is -0.138. The second-order valence-corrected chi connectivity index (χ2v) is 9.48. The molecule has 3 rings (SSSR count). The minimum Gasteiger partial charge on any atom is -0.340 e. The molecule has 2 N–H and O–H groups in total. The maximum absolute atomic E-state index is 12.7. The van der Waals surface area contributed by atoms with Crippen LogP contribution in [0.25, 0.3) is 0 Å². The van der Waals surface area contributed by atoms with E-state index in [1.807, 2.05) is 0 Å². The van der Waals surface area contributed by atoms with Gasteiger partial charge >= 0.3 is 0 Å². The Morgan fingerprint density at radius 2 is 2.00 bits per heavy atom. The number of amides is 1. The quantitative estimate of drug-likeness (QED) is 0.895. The molecular formula is C19H32N4OS. The van der Waals surface area contributed by atoms with Crippen LogP contribution < -0.4 is 5.73 Å². The number of piperazine rings is 1. The topological polar surface area (TPSA) is 62.5 Å². The van der Waals surface area contributed by atoms with E-state index in [0.717, 1.165) is 64.1 Å². The van der Waals surface area contributed by atoms with Crippen LogP contribution in [0, 0.1) is 5.92 Å². The molecule has 2 atom stereocenters. The van der Waals surface area contributed by atoms with Crippen molar-refractivity contribution in [2.45, 2.75) is 64.5 Å². The van der Waals surface area contributed by atoms with Crippen LogP contribution in [0.2, 0.25) is 0 Å². The first-order valence-electron chi connectivity index (χ1n) is 9.54. The molecule has 2 fully saturated rings. The third kappa shape index (κ3) is 4.80. The lowest BCUT2D eigenvalue weighted by Gasteiger charge is -2.37. The van der Waals surface area contributed by atoms with Crippen molar-refractivity contribution in [3.8, 4) is 0 Å². The van der Waals surface area contributed by atoms with E-state index in [2.05, 4.69) is 36.0 Å². The van der Waals surface area contributed by atoms with Crippen molar-refractivity contribution in [2.24, 2.45) is 11.7 Å². The fourth-order valence-electron chi connectivity index (χ4n) is 3.79. The molecule has 5 nitrogen and oxygen atoms in total. The Hall–Kier alpha value is -0.980. The minimum absolute atomic E-state index is 0.120. The zero-order valence-corrected chi connectivity index (χ0v) is 16.6. The molecule has 140 valence electrons. The van der Waals surface area contributed by atoms with Gasteiger partial charge in [-0.05, 0) is 19.3 Å². The SMILES string of the molecule is CC(C)(C)c1nc(CN2CCN(C(=O)C3CCCC(N)C3)CC2)cs1. The summed E-state index contributed by atoms with van der Waals surface area (Å²) in [5.74, 6) is 0.488. The van der Waals surface area contributed by atoms with Crippen LogP contribution in [0.1, 0.15) is 57.2 Å². The van der Waals surface area contributed by atoms with Gasteiger partial charge in [0.05, 0.1) is 10.7 Å². The molecule has 25 heavy (non-hydrogen) atoms. The molecule has 2 heterocycles. The van der Waals surface area contributed by atoms with Crippen molar-refractivity contribution in [3.63, 3.8) is 0 Å². The fourth-order valence-corrected chi connectivity index (χ4v) is 4.69. The number of hydrogen-bond donors (Lipinski definition) is 1. The summed E-state index contributed by atoms with van der Waals surface area (Å²) in [7, 11) is 0. The van der Waals surface area contributed by atoms with Crippen LogP contribution >= 0.6 is 11.3 Å². The zero-order valence-electron chi connectivity index (χ0n) is 15.8. The van der Waals surface area contributed by atoms with E-state index >= 15 is 0 Å². The fraction of sp³-hybridized carbons (Fsp3) is 0.789. The molecule has 1 aromatic heterocycles. The van der Waals surface area contributed by atoms with E-state index in [9.17, 15) is 4.79 Å². The van der Waals surface area contributed by atoms with Gasteiger partial charge in [0.25, 0.3) is 0 Å². The molecule has 0 bridgehead atoms. The number of aromatic nitrogens is 1. The van der Waals surface area contributed by atoms with Gasteiger partial charge in [0.1, 0.15) is 0 Å². The third-order valence-electron chi connectivity index (χ3n) is 5.33. The Morgan fingerprint density at radius 3 is 2.60 bits per heavy atom. The first-order chi connectivity index (χ1) is 11.8. The maximum atomic E-state index is 12.7. The summed E-state index contributed by atoms with van der Waals surface area (Å²) >= 11 is 1.76. The molecular weight excluding hydrogens is 332 g/mol. The number of nitrogens with two attached hydrogens (primary N) is 1. The minimum atomic E-state index is 0.120. The van der Waals surface area contributed by atoms with Gasteiger partial charge in [0, 0.05) is 55.5 Å². The first-order valence-corrected chi connectivity index (χ1v) is 10.4. The van der Waals surface area contributed by atoms with Gasteiger partial charge < -0.3 is 10.6 Å². The number of nitrogens with zero attached hydrogens (tertiary/aromatic N) is 3. The van der Waals surface area contributed by atoms with Gasteiger partial charge in [-0.3, -0.25) is 9.69 Å². The molecule has 1 saturated heterocycles. The Kier molecular flexibility index (Phi) is 5.81. The lowest BCUT2D eigenvalue weighted by atomic mass is 9.85. The highest BCUT2D eigenvalue weighted by Crippen LogP contribution is 2.27. The van der Waals surface area contributed by atoms with Crippen molar-refractivity contribution < 1.29 is 4.79 Å². The summed E-state index contributed by atoms with van der Waals surface area (Å²) in [6, 6.07) is 0.214. The van der Waals surface area contributed by atoms with Crippen LogP contribution in [-0.2, 0) is 16.8 Å². The van der Waals surface area contributed by atoms with Gasteiger partial charge in [0.2, 0.25) is 5.91 Å². The van der Waals surface area contributed by atoms with Crippen molar-refractivity contribution in [1.82, 2.24) is 14.8 Å². The molecule has 0 aromatic carbocycles. The molecule has 1 amide bonds. The van der Waals surface area contributed by atoms with E-state index in [0.29, 0.717) is 5.91 Å². The summed E-state index contributed by atoms with van der Waals surface area (Å²) in [4.78, 5) is 22.0. The molecule has 0 radical (unpaired) electrons. The average Bonchev–Trinajstić information content (AvgIpc) is 3.04. The highest BCUT2D eigenvalue weighted by atomic mass is 32.1. The van der Waals surface area contributed by atoms with Crippen LogP contribution in [0.15, 0.2) is 5.38 Å². The van der Waals surface area contributed by atoms with Crippen molar-refractivity contribution in [1.29, 1.82) is 0 Å². The smallest absolute Gasteiger partial charge is 0.225 e. The molecule has 2 aliphatic rings. The summed E-state index contributed by atoms with van der Waals surface area (Å²) in [6.45, 7) is 11.1. The zero-order chi connectivity index (χ0) is 18.0. The van der Waals surface area contributed by atoms with Crippen molar-refractivity contribution in [2.75, 3.05) is 26.2 Å². The van der Waals surface area contributed by atoms with Gasteiger partial charge in [-0.15, -0.1) is 11.3 Å². The van der Waals surface area contributed by atoms with E-state index < -0.39 is 0 Å². The third-order valence-corrected chi connectivity index (χ3v) is 6.64. The predicted molar refractivity (Wildman–Crippen MR) is 103 cm³/mol. The van der Waals surface area contributed by atoms with Crippen molar-refractivity contribution in [3.05, 3.63) is 16.1 Å². The monoisotopic (exact) mass is 364 g/mol. The van der Waals surface area contributed by atoms with Crippen LogP contribution in [0.4, 0.5) is 0 Å². The van der Waals surface area contributed by atoms with Gasteiger partial charge in [0.15, 0.2) is 0 Å². The largest absolute Gasteiger partial charge is 0.340 e. The normalized spacial score (nSPS) is 26.0. The Balaban J connectivity index is 1.48. The molecule has 1 aliphatic carbocycles. The number of hydrogen-bond acceptors (Lipinski definition) is 5. The van der Waals surface area contributed by atoms with E-state index in [1.54, 1.807) is 11.3 Å². The first kappa shape index (κ1) is 18.8. The Bertz CT molecular complexity index is 586. The molecule has 1 aliphatic heterocycles. The number of carbonyl (C=O) groups is 1. The molecule has 2 unspecified atom stereocenters. The second-order valence-electron chi connectivity index (χ2n) is 8.62. The summed E-state index contributed by atoms with van der Waals surface area (Å²) in [6.07, 6.45) is 4.05. The van der Waals surface area contributed by atoms with E-state index in [4.69, 9.17) is 10.7 Å². The molecule has 0 spiro atoms. The number of thiazole rings is 1. The predicted octanol–water partition coefficient (Wildman–Crippen LogP) is 2.60. The molecule has 1 saturated carbocycles. The molecule has 6 heteroatoms. The van der Waals surface area contributed by atoms with Crippen LogP contribution in [-0.4, -0.2) is 52.9 Å². The van der Waals surface area contributed by atoms with Gasteiger partial charge in [-0.2, -0.15) is 0 Å². The highest BCUT2D eigenvalue weighted by Gasteiger charge is 2.30. The second kappa shape index (κ2) is 7.72. The van der Waals surface area contributed by atoms with Crippen molar-refractivity contribution >= 4 is 17.2 Å². The Morgan fingerprint density at radius 1 is 1.28 bits per heavy atom. The standard InChI is InChI=1S/C19H32N4OS/c1-19(2,3)18-21-16(13-25-18)12-22-7-9-23(10-8-22)17(24)14-5-4-6-15(20)11-14/h13-15H,4-12,20H2,1-3H3. The highest BCUT2D eigenvalue weighted by molar-refractivity contribution is 7.09. The average molecular weight is 365 g/mol. The summed E-state index contributed by atoms with van der Waals surface area (Å²) in [5, 5.41) is 3.38. The van der Waals surface area contributed by atoms with E-state index in [-0.39, 0.29) is 17.4 Å². The van der Waals surface area contributed by atoms with E-state index in [1.165, 1.54) is 5.01 Å². The van der Waals surface area contributed by atoms with Crippen LogP contribution in [0.5, 0.6) is 0 Å².